The van der Waals surface area contributed by atoms with Crippen LogP contribution in [0.3, 0.4) is 0 Å². The molecule has 3 aromatic rings. The number of aryl methyl sites for hydroxylation is 3. The number of esters is 1. The summed E-state index contributed by atoms with van der Waals surface area (Å²) in [6, 6.07) is 12.8. The molecule has 9 heteroatoms. The highest BCUT2D eigenvalue weighted by molar-refractivity contribution is 6.07. The van der Waals surface area contributed by atoms with Gasteiger partial charge in [-0.15, -0.1) is 0 Å². The van der Waals surface area contributed by atoms with Crippen LogP contribution in [0.2, 0.25) is 0 Å². The third-order valence-electron chi connectivity index (χ3n) is 5.96. The number of nitrogen functional groups attached to an aromatic ring is 1. The van der Waals surface area contributed by atoms with Crippen molar-refractivity contribution in [1.29, 1.82) is 5.41 Å². The monoisotopic (exact) mass is 514 g/mol. The molecule has 198 valence electrons. The molecule has 0 radical (unpaired) electrons. The Morgan fingerprint density at radius 3 is 2.53 bits per heavy atom. The van der Waals surface area contributed by atoms with Gasteiger partial charge < -0.3 is 15.8 Å². The minimum Gasteiger partial charge on any atom is -0.466 e. The molecular formula is C29H34N6O3. The molecule has 0 aliphatic carbocycles. The molecule has 0 fully saturated rings. The van der Waals surface area contributed by atoms with Crippen molar-refractivity contribution >= 4 is 29.2 Å². The molecule has 0 saturated carbocycles. The summed E-state index contributed by atoms with van der Waals surface area (Å²) in [4.78, 5) is 27.3. The third kappa shape index (κ3) is 7.01. The zero-order chi connectivity index (χ0) is 27.7. The van der Waals surface area contributed by atoms with Gasteiger partial charge in [0.2, 0.25) is 0 Å². The summed E-state index contributed by atoms with van der Waals surface area (Å²) < 4.78 is 6.79. The first-order valence-corrected chi connectivity index (χ1v) is 12.5. The van der Waals surface area contributed by atoms with Gasteiger partial charge in [-0.2, -0.15) is 5.10 Å². The van der Waals surface area contributed by atoms with Crippen LogP contribution in [0.25, 0.3) is 0 Å². The quantitative estimate of drug-likeness (QED) is 0.163. The maximum atomic E-state index is 13.7. The Morgan fingerprint density at radius 2 is 1.87 bits per heavy atom. The Morgan fingerprint density at radius 1 is 1.13 bits per heavy atom. The van der Waals surface area contributed by atoms with Crippen LogP contribution in [0.15, 0.2) is 48.7 Å². The van der Waals surface area contributed by atoms with E-state index in [1.807, 2.05) is 45.0 Å². The molecular weight excluding hydrogens is 480 g/mol. The van der Waals surface area contributed by atoms with Crippen LogP contribution in [0, 0.1) is 31.1 Å². The summed E-state index contributed by atoms with van der Waals surface area (Å²) in [6.45, 7) is 9.01. The highest BCUT2D eigenvalue weighted by atomic mass is 16.5. The number of amides is 1. The molecule has 1 heterocycles. The summed E-state index contributed by atoms with van der Waals surface area (Å²) >= 11 is 0. The number of anilines is 2. The first kappa shape index (κ1) is 28.0. The number of carbonyl (C=O) groups excluding carboxylic acids is 2. The van der Waals surface area contributed by atoms with Crippen LogP contribution in [0.4, 0.5) is 11.5 Å². The standard InChI is InChI=1S/C29H34N6O3/c1-5-35-26(13-16-33-35)34(17-14-27(36)38-6-2)29(37)25-19-20(3)23(18-21(25)4)8-7-15-32-24-11-9-22(10-12-24)28(30)31/h9-13,16,18-19,32H,5-6,14-15,17H2,1-4H3,(H3,30,31). The van der Waals surface area contributed by atoms with Crippen molar-refractivity contribution < 1.29 is 14.3 Å². The van der Waals surface area contributed by atoms with Crippen molar-refractivity contribution in [2.75, 3.05) is 29.9 Å². The Balaban J connectivity index is 1.77. The lowest BCUT2D eigenvalue weighted by atomic mass is 9.99. The van der Waals surface area contributed by atoms with Crippen molar-refractivity contribution in [1.82, 2.24) is 9.78 Å². The van der Waals surface area contributed by atoms with Gasteiger partial charge in [-0.1, -0.05) is 11.8 Å². The summed E-state index contributed by atoms with van der Waals surface area (Å²) in [5.41, 5.74) is 10.1. The molecule has 3 rings (SSSR count). The van der Waals surface area contributed by atoms with E-state index in [9.17, 15) is 9.59 Å². The molecule has 2 aromatic carbocycles. The Bertz CT molecular complexity index is 1370. The number of nitrogens with two attached hydrogens (primary N) is 1. The summed E-state index contributed by atoms with van der Waals surface area (Å²) in [6.07, 6.45) is 1.73. The molecule has 0 unspecified atom stereocenters. The van der Waals surface area contributed by atoms with Crippen molar-refractivity contribution in [3.63, 3.8) is 0 Å². The Labute approximate surface area is 223 Å². The van der Waals surface area contributed by atoms with Gasteiger partial charge in [0.25, 0.3) is 5.91 Å². The van der Waals surface area contributed by atoms with Gasteiger partial charge >= 0.3 is 5.97 Å². The van der Waals surface area contributed by atoms with Gasteiger partial charge in [-0.3, -0.25) is 19.9 Å². The number of rotatable bonds is 10. The number of benzene rings is 2. The second-order valence-corrected chi connectivity index (χ2v) is 8.65. The van der Waals surface area contributed by atoms with Crippen LogP contribution < -0.4 is 16.0 Å². The van der Waals surface area contributed by atoms with Crippen LogP contribution >= 0.6 is 0 Å². The predicted molar refractivity (Wildman–Crippen MR) is 150 cm³/mol. The maximum Gasteiger partial charge on any atom is 0.307 e. The molecule has 1 amide bonds. The number of nitrogens with zero attached hydrogens (tertiary/aromatic N) is 3. The minimum absolute atomic E-state index is 0.0298. The lowest BCUT2D eigenvalue weighted by molar-refractivity contribution is -0.142. The number of nitrogens with one attached hydrogen (secondary N) is 2. The van der Waals surface area contributed by atoms with Gasteiger partial charge in [-0.25, -0.2) is 4.68 Å². The van der Waals surface area contributed by atoms with Crippen LogP contribution in [0.5, 0.6) is 0 Å². The molecule has 4 N–H and O–H groups in total. The Hall–Kier alpha value is -4.58. The molecule has 0 aliphatic rings. The molecule has 38 heavy (non-hydrogen) atoms. The van der Waals surface area contributed by atoms with Crippen LogP contribution in [0.1, 0.15) is 52.9 Å². The zero-order valence-electron chi connectivity index (χ0n) is 22.3. The normalized spacial score (nSPS) is 10.3. The van der Waals surface area contributed by atoms with Gasteiger partial charge in [0, 0.05) is 41.5 Å². The molecule has 0 spiro atoms. The SMILES string of the molecule is CCOC(=O)CCN(C(=O)c1cc(C)c(C#CCNc2ccc(C(=N)N)cc2)cc1C)c1ccnn1CC. The smallest absolute Gasteiger partial charge is 0.307 e. The van der Waals surface area contributed by atoms with Gasteiger partial charge in [0.1, 0.15) is 11.7 Å². The highest BCUT2D eigenvalue weighted by Crippen LogP contribution is 2.22. The fraction of sp³-hybridized carbons (Fsp3) is 0.310. The predicted octanol–water partition coefficient (Wildman–Crippen LogP) is 3.87. The van der Waals surface area contributed by atoms with Gasteiger partial charge in [-0.05, 0) is 75.2 Å². The van der Waals surface area contributed by atoms with E-state index < -0.39 is 0 Å². The summed E-state index contributed by atoms with van der Waals surface area (Å²) in [5.74, 6) is 6.40. The molecule has 1 aromatic heterocycles. The van der Waals surface area contributed by atoms with E-state index >= 15 is 0 Å². The van der Waals surface area contributed by atoms with Crippen LogP contribution in [-0.4, -0.2) is 47.2 Å². The first-order chi connectivity index (χ1) is 18.2. The molecule has 0 bridgehead atoms. The number of aromatic nitrogens is 2. The van der Waals surface area contributed by atoms with E-state index in [2.05, 4.69) is 22.3 Å². The number of amidine groups is 1. The molecule has 0 atom stereocenters. The fourth-order valence-corrected chi connectivity index (χ4v) is 3.93. The number of hydrogen-bond donors (Lipinski definition) is 3. The maximum absolute atomic E-state index is 13.7. The number of hydrogen-bond acceptors (Lipinski definition) is 6. The fourth-order valence-electron chi connectivity index (χ4n) is 3.93. The molecule has 0 saturated heterocycles. The van der Waals surface area contributed by atoms with Crippen LogP contribution in [-0.2, 0) is 16.1 Å². The number of carbonyl (C=O) groups is 2. The van der Waals surface area contributed by atoms with Crippen molar-refractivity contribution in [2.45, 2.75) is 40.7 Å². The van der Waals surface area contributed by atoms with E-state index in [4.69, 9.17) is 15.9 Å². The second kappa shape index (κ2) is 13.1. The lowest BCUT2D eigenvalue weighted by Crippen LogP contribution is -2.35. The van der Waals surface area contributed by atoms with E-state index in [0.717, 1.165) is 22.4 Å². The van der Waals surface area contributed by atoms with E-state index in [0.29, 0.717) is 36.6 Å². The van der Waals surface area contributed by atoms with Crippen molar-refractivity contribution in [3.05, 3.63) is 76.5 Å². The van der Waals surface area contributed by atoms with Crippen molar-refractivity contribution in [2.24, 2.45) is 5.73 Å². The van der Waals surface area contributed by atoms with Crippen molar-refractivity contribution in [3.8, 4) is 11.8 Å². The highest BCUT2D eigenvalue weighted by Gasteiger charge is 2.24. The third-order valence-corrected chi connectivity index (χ3v) is 5.96. The zero-order valence-corrected chi connectivity index (χ0v) is 22.3. The first-order valence-electron chi connectivity index (χ1n) is 12.5. The van der Waals surface area contributed by atoms with E-state index in [1.54, 1.807) is 40.9 Å². The molecule has 0 aliphatic heterocycles. The van der Waals surface area contributed by atoms with Gasteiger partial charge in [0.05, 0.1) is 25.8 Å². The topological polar surface area (TPSA) is 126 Å². The summed E-state index contributed by atoms with van der Waals surface area (Å²) in [5, 5.41) is 15.0. The minimum atomic E-state index is -0.352. The van der Waals surface area contributed by atoms with E-state index in [1.165, 1.54) is 0 Å². The summed E-state index contributed by atoms with van der Waals surface area (Å²) in [7, 11) is 0. The second-order valence-electron chi connectivity index (χ2n) is 8.65. The largest absolute Gasteiger partial charge is 0.466 e. The average molecular weight is 515 g/mol. The van der Waals surface area contributed by atoms with E-state index in [-0.39, 0.29) is 30.7 Å². The van der Waals surface area contributed by atoms with Gasteiger partial charge in [0.15, 0.2) is 0 Å². The average Bonchev–Trinajstić information content (AvgIpc) is 3.37. The molecule has 9 nitrogen and oxygen atoms in total. The lowest BCUT2D eigenvalue weighted by Gasteiger charge is -2.24. The number of ether oxygens (including phenoxy) is 1. The Kier molecular flexibility index (Phi) is 9.66.